The summed E-state index contributed by atoms with van der Waals surface area (Å²) in [6.45, 7) is 2.76. The summed E-state index contributed by atoms with van der Waals surface area (Å²) >= 11 is 0. The lowest BCUT2D eigenvalue weighted by Gasteiger charge is -2.11. The summed E-state index contributed by atoms with van der Waals surface area (Å²) < 4.78 is 0. The molecule has 0 aliphatic carbocycles. The van der Waals surface area contributed by atoms with Crippen LogP contribution in [0.25, 0.3) is 0 Å². The molecule has 0 radical (unpaired) electrons. The number of carbonyl (C=O) groups is 1. The molecular weight excluding hydrogens is 292 g/mol. The Balaban J connectivity index is 2.46. The first-order valence-electron chi connectivity index (χ1n) is 8.50. The molecule has 0 saturated heterocycles. The summed E-state index contributed by atoms with van der Waals surface area (Å²) in [6.07, 6.45) is 7.51. The topological polar surface area (TPSA) is 82.2 Å². The second kappa shape index (κ2) is 11.8. The highest BCUT2D eigenvalue weighted by Gasteiger charge is 2.19. The van der Waals surface area contributed by atoms with E-state index in [-0.39, 0.29) is 13.0 Å². The largest absolute Gasteiger partial charge is 0.481 e. The summed E-state index contributed by atoms with van der Waals surface area (Å²) in [6, 6.07) is 7.08. The quantitative estimate of drug-likeness (QED) is 0.433. The number of unbranched alkanes of at least 4 members (excludes halogenated alkanes) is 5. The third-order valence-electron chi connectivity index (χ3n) is 3.79. The van der Waals surface area contributed by atoms with Gasteiger partial charge in [-0.1, -0.05) is 51.2 Å². The monoisotopic (exact) mass is 320 g/mol. The van der Waals surface area contributed by atoms with Crippen molar-refractivity contribution in [2.45, 2.75) is 57.8 Å². The first kappa shape index (κ1) is 19.3. The predicted molar refractivity (Wildman–Crippen MR) is 91.3 cm³/mol. The molecule has 1 unspecified atom stereocenters. The number of rotatable bonds is 12. The van der Waals surface area contributed by atoms with Gasteiger partial charge in [-0.25, -0.2) is 0 Å². The number of hydrogen-bond donors (Lipinski definition) is 2. The third kappa shape index (κ3) is 7.88. The average Bonchev–Trinajstić information content (AvgIpc) is 2.55. The summed E-state index contributed by atoms with van der Waals surface area (Å²) in [5.74, 6) is -1.63. The molecule has 5 heteroatoms. The number of hydrogen-bond acceptors (Lipinski definition) is 4. The summed E-state index contributed by atoms with van der Waals surface area (Å²) in [5.41, 5.74) is 1.32. The molecule has 0 spiro atoms. The molecule has 0 fully saturated rings. The van der Waals surface area contributed by atoms with Crippen molar-refractivity contribution in [3.8, 4) is 0 Å². The first-order valence-corrected chi connectivity index (χ1v) is 8.50. The van der Waals surface area contributed by atoms with Crippen LogP contribution in [0.1, 0.15) is 63.4 Å². The molecule has 0 aromatic heterocycles. The lowest BCUT2D eigenvalue weighted by molar-refractivity contribution is -0.139. The smallest absolute Gasteiger partial charge is 0.311 e. The average molecular weight is 320 g/mol. The second-order valence-electron chi connectivity index (χ2n) is 5.73. The van der Waals surface area contributed by atoms with E-state index in [1.807, 2.05) is 6.07 Å². The van der Waals surface area contributed by atoms with E-state index in [9.17, 15) is 9.90 Å². The maximum atomic E-state index is 11.2. The minimum Gasteiger partial charge on any atom is -0.481 e. The molecule has 128 valence electrons. The Hall–Kier alpha value is -1.75. The Morgan fingerprint density at radius 3 is 2.61 bits per heavy atom. The van der Waals surface area contributed by atoms with Gasteiger partial charge < -0.3 is 10.2 Å². The van der Waals surface area contributed by atoms with E-state index in [2.05, 4.69) is 17.2 Å². The molecule has 1 atom stereocenters. The standard InChI is InChI=1S/C18H28N2O3/c1-2-3-4-5-6-7-12-19-20-16-10-8-9-15(14-16)17(11-13-21)18(22)23/h8-10,14,17,21H,2-7,11-13H2,1H3,(H,22,23). The zero-order valence-electron chi connectivity index (χ0n) is 13.9. The highest BCUT2D eigenvalue weighted by Crippen LogP contribution is 2.24. The van der Waals surface area contributed by atoms with Crippen LogP contribution in [0.15, 0.2) is 34.5 Å². The van der Waals surface area contributed by atoms with Crippen LogP contribution < -0.4 is 0 Å². The minimum atomic E-state index is -0.930. The molecule has 5 nitrogen and oxygen atoms in total. The van der Waals surface area contributed by atoms with Crippen molar-refractivity contribution in [1.82, 2.24) is 0 Å². The van der Waals surface area contributed by atoms with Crippen molar-refractivity contribution >= 4 is 11.7 Å². The van der Waals surface area contributed by atoms with Gasteiger partial charge in [-0.05, 0) is 30.5 Å². The van der Waals surface area contributed by atoms with E-state index < -0.39 is 11.9 Å². The van der Waals surface area contributed by atoms with Crippen LogP contribution >= 0.6 is 0 Å². The summed E-state index contributed by atoms with van der Waals surface area (Å²) in [5, 5.41) is 26.6. The van der Waals surface area contributed by atoms with Gasteiger partial charge in [-0.15, -0.1) is 0 Å². The fourth-order valence-corrected chi connectivity index (χ4v) is 2.46. The highest BCUT2D eigenvalue weighted by atomic mass is 16.4. The molecule has 1 aromatic carbocycles. The zero-order valence-corrected chi connectivity index (χ0v) is 13.9. The van der Waals surface area contributed by atoms with E-state index in [1.165, 1.54) is 32.1 Å². The van der Waals surface area contributed by atoms with Gasteiger partial charge in [-0.2, -0.15) is 10.2 Å². The van der Waals surface area contributed by atoms with Gasteiger partial charge in [0.1, 0.15) is 0 Å². The van der Waals surface area contributed by atoms with E-state index in [0.29, 0.717) is 17.8 Å². The second-order valence-corrected chi connectivity index (χ2v) is 5.73. The summed E-state index contributed by atoms with van der Waals surface area (Å²) in [7, 11) is 0. The van der Waals surface area contributed by atoms with E-state index >= 15 is 0 Å². The number of aliphatic carboxylic acids is 1. The number of carboxylic acids is 1. The fraction of sp³-hybridized carbons (Fsp3) is 0.611. The van der Waals surface area contributed by atoms with E-state index in [0.717, 1.165) is 6.42 Å². The summed E-state index contributed by atoms with van der Waals surface area (Å²) in [4.78, 5) is 11.2. The Kier molecular flexibility index (Phi) is 9.87. The molecule has 2 N–H and O–H groups in total. The van der Waals surface area contributed by atoms with Gasteiger partial charge in [0.25, 0.3) is 0 Å². The molecular formula is C18H28N2O3. The van der Waals surface area contributed by atoms with Crippen molar-refractivity contribution in [3.05, 3.63) is 29.8 Å². The van der Waals surface area contributed by atoms with Crippen LogP contribution in [0, 0.1) is 0 Å². The number of nitrogens with zero attached hydrogens (tertiary/aromatic N) is 2. The Morgan fingerprint density at radius 1 is 1.17 bits per heavy atom. The van der Waals surface area contributed by atoms with Crippen LogP contribution in [0.5, 0.6) is 0 Å². The number of aliphatic hydroxyl groups excluding tert-OH is 1. The molecule has 1 aromatic rings. The molecule has 0 heterocycles. The van der Waals surface area contributed by atoms with Crippen molar-refractivity contribution in [1.29, 1.82) is 0 Å². The molecule has 0 aliphatic heterocycles. The number of aliphatic hydroxyl groups is 1. The lowest BCUT2D eigenvalue weighted by Crippen LogP contribution is -2.13. The van der Waals surface area contributed by atoms with Gasteiger partial charge in [0.2, 0.25) is 0 Å². The normalized spacial score (nSPS) is 12.6. The molecule has 0 bridgehead atoms. The predicted octanol–water partition coefficient (Wildman–Crippen LogP) is 4.68. The van der Waals surface area contributed by atoms with Gasteiger partial charge in [0, 0.05) is 6.61 Å². The maximum absolute atomic E-state index is 11.2. The maximum Gasteiger partial charge on any atom is 0.311 e. The molecule has 0 aliphatic rings. The Bertz CT molecular complexity index is 489. The van der Waals surface area contributed by atoms with Crippen LogP contribution in [-0.2, 0) is 4.79 Å². The van der Waals surface area contributed by atoms with Crippen LogP contribution in [0.4, 0.5) is 5.69 Å². The van der Waals surface area contributed by atoms with Gasteiger partial charge in [-0.3, -0.25) is 4.79 Å². The SMILES string of the molecule is CCCCCCCCN=Nc1cccc(C(CCO)C(=O)O)c1. The first-order chi connectivity index (χ1) is 11.2. The molecule has 0 saturated carbocycles. The molecule has 0 amide bonds. The van der Waals surface area contributed by atoms with Crippen molar-refractivity contribution < 1.29 is 15.0 Å². The third-order valence-corrected chi connectivity index (χ3v) is 3.79. The minimum absolute atomic E-state index is 0.152. The number of azo groups is 1. The Labute approximate surface area is 138 Å². The van der Waals surface area contributed by atoms with Gasteiger partial charge >= 0.3 is 5.97 Å². The number of benzene rings is 1. The highest BCUT2D eigenvalue weighted by molar-refractivity contribution is 5.76. The van der Waals surface area contributed by atoms with Crippen molar-refractivity contribution in [3.63, 3.8) is 0 Å². The number of carboxylic acid groups (broad SMARTS) is 1. The van der Waals surface area contributed by atoms with Crippen LogP contribution in [0.2, 0.25) is 0 Å². The van der Waals surface area contributed by atoms with Gasteiger partial charge in [0.15, 0.2) is 0 Å². The molecule has 1 rings (SSSR count). The van der Waals surface area contributed by atoms with Crippen molar-refractivity contribution in [2.75, 3.05) is 13.2 Å². The Morgan fingerprint density at radius 2 is 1.91 bits per heavy atom. The van der Waals surface area contributed by atoms with Crippen LogP contribution in [0.3, 0.4) is 0 Å². The fourth-order valence-electron chi connectivity index (χ4n) is 2.46. The zero-order chi connectivity index (χ0) is 16.9. The van der Waals surface area contributed by atoms with E-state index in [4.69, 9.17) is 5.11 Å². The van der Waals surface area contributed by atoms with E-state index in [1.54, 1.807) is 18.2 Å². The lowest BCUT2D eigenvalue weighted by atomic mass is 9.96. The van der Waals surface area contributed by atoms with Gasteiger partial charge in [0.05, 0.1) is 18.2 Å². The van der Waals surface area contributed by atoms with Crippen LogP contribution in [-0.4, -0.2) is 29.3 Å². The molecule has 23 heavy (non-hydrogen) atoms. The van der Waals surface area contributed by atoms with Crippen molar-refractivity contribution in [2.24, 2.45) is 10.2 Å².